The van der Waals surface area contributed by atoms with Crippen molar-refractivity contribution in [1.29, 1.82) is 0 Å². The van der Waals surface area contributed by atoms with Crippen molar-refractivity contribution in [2.45, 2.75) is 17.8 Å². The predicted octanol–water partition coefficient (Wildman–Crippen LogP) is 0.214. The third kappa shape index (κ3) is 4.51. The average Bonchev–Trinajstić information content (AvgIpc) is 1.87. The van der Waals surface area contributed by atoms with Crippen molar-refractivity contribution >= 4 is 12.6 Å². The summed E-state index contributed by atoms with van der Waals surface area (Å²) in [5.41, 5.74) is 0. The van der Waals surface area contributed by atoms with Crippen LogP contribution in [-0.2, 0) is 0 Å². The van der Waals surface area contributed by atoms with Gasteiger partial charge in [0.05, 0.1) is 12.7 Å². The van der Waals surface area contributed by atoms with Gasteiger partial charge in [0.15, 0.2) is 0 Å². The zero-order chi connectivity index (χ0) is 7.28. The van der Waals surface area contributed by atoms with Crippen molar-refractivity contribution in [2.75, 3.05) is 6.61 Å². The van der Waals surface area contributed by atoms with Gasteiger partial charge in [-0.1, -0.05) is 6.08 Å². The van der Waals surface area contributed by atoms with Crippen molar-refractivity contribution < 1.29 is 10.2 Å². The van der Waals surface area contributed by atoms with E-state index in [1.54, 1.807) is 6.08 Å². The fourth-order valence-corrected chi connectivity index (χ4v) is 0.693. The van der Waals surface area contributed by atoms with Gasteiger partial charge in [0.1, 0.15) is 0 Å². The second kappa shape index (κ2) is 4.85. The Bertz CT molecular complexity index is 85.1. The number of hydrogen-bond acceptors (Lipinski definition) is 3. The maximum Gasteiger partial charge on any atom is 0.0784 e. The summed E-state index contributed by atoms with van der Waals surface area (Å²) in [6.45, 7) is 3.28. The lowest BCUT2D eigenvalue weighted by Crippen LogP contribution is -2.16. The first kappa shape index (κ1) is 9.01. The Labute approximate surface area is 60.6 Å². The van der Waals surface area contributed by atoms with Crippen LogP contribution < -0.4 is 0 Å². The molecular weight excluding hydrogens is 136 g/mol. The Kier molecular flexibility index (Phi) is 4.85. The highest BCUT2D eigenvalue weighted by atomic mass is 32.1. The van der Waals surface area contributed by atoms with E-state index in [4.69, 9.17) is 10.2 Å². The summed E-state index contributed by atoms with van der Waals surface area (Å²) in [4.78, 5) is 0. The van der Waals surface area contributed by atoms with E-state index in [0.717, 1.165) is 0 Å². The minimum absolute atomic E-state index is 0.0212. The van der Waals surface area contributed by atoms with Crippen LogP contribution in [0, 0.1) is 0 Å². The van der Waals surface area contributed by atoms with Gasteiger partial charge in [-0.3, -0.25) is 0 Å². The smallest absolute Gasteiger partial charge is 0.0784 e. The highest BCUT2D eigenvalue weighted by Crippen LogP contribution is 2.04. The maximum absolute atomic E-state index is 8.81. The van der Waals surface area contributed by atoms with Crippen LogP contribution >= 0.6 is 12.6 Å². The van der Waals surface area contributed by atoms with Crippen LogP contribution in [0.25, 0.3) is 0 Å². The van der Waals surface area contributed by atoms with E-state index >= 15 is 0 Å². The van der Waals surface area contributed by atoms with Crippen molar-refractivity contribution in [3.05, 3.63) is 12.7 Å². The van der Waals surface area contributed by atoms with Crippen LogP contribution in [0.5, 0.6) is 0 Å². The number of hydrogen-bond donors (Lipinski definition) is 3. The molecule has 9 heavy (non-hydrogen) atoms. The summed E-state index contributed by atoms with van der Waals surface area (Å²) < 4.78 is 0. The molecule has 2 unspecified atom stereocenters. The summed E-state index contributed by atoms with van der Waals surface area (Å²) >= 11 is 4.03. The molecule has 2 atom stereocenters. The first-order valence-electron chi connectivity index (χ1n) is 2.80. The van der Waals surface area contributed by atoms with E-state index in [1.807, 2.05) is 0 Å². The van der Waals surface area contributed by atoms with Gasteiger partial charge >= 0.3 is 0 Å². The first-order chi connectivity index (χ1) is 4.20. The molecule has 0 fully saturated rings. The minimum atomic E-state index is -0.662. The molecule has 54 valence electrons. The molecule has 0 aromatic heterocycles. The fraction of sp³-hybridized carbons (Fsp3) is 0.667. The van der Waals surface area contributed by atoms with Gasteiger partial charge in [0.25, 0.3) is 0 Å². The number of aliphatic hydroxyl groups excluding tert-OH is 2. The van der Waals surface area contributed by atoms with Crippen molar-refractivity contribution in [3.63, 3.8) is 0 Å². The molecule has 0 heterocycles. The molecule has 0 aliphatic carbocycles. The third-order valence-corrected chi connectivity index (χ3v) is 1.42. The summed E-state index contributed by atoms with van der Waals surface area (Å²) in [5, 5.41) is 17.2. The Balaban J connectivity index is 3.33. The minimum Gasteiger partial charge on any atom is -0.394 e. The summed E-state index contributed by atoms with van der Waals surface area (Å²) in [6.07, 6.45) is 1.43. The van der Waals surface area contributed by atoms with Crippen LogP contribution in [0.15, 0.2) is 12.7 Å². The lowest BCUT2D eigenvalue weighted by molar-refractivity contribution is 0.0902. The predicted molar refractivity (Wildman–Crippen MR) is 40.7 cm³/mol. The highest BCUT2D eigenvalue weighted by molar-refractivity contribution is 7.81. The molecule has 0 aromatic carbocycles. The van der Waals surface area contributed by atoms with E-state index < -0.39 is 6.10 Å². The molecule has 0 spiro atoms. The van der Waals surface area contributed by atoms with Crippen LogP contribution in [0.4, 0.5) is 0 Å². The molecule has 0 aromatic rings. The van der Waals surface area contributed by atoms with Crippen LogP contribution in [-0.4, -0.2) is 28.2 Å². The Morgan fingerprint density at radius 1 is 1.67 bits per heavy atom. The molecular formula is C6H12O2S. The maximum atomic E-state index is 8.81. The fourth-order valence-electron chi connectivity index (χ4n) is 0.450. The van der Waals surface area contributed by atoms with Crippen molar-refractivity contribution in [3.8, 4) is 0 Å². The van der Waals surface area contributed by atoms with Gasteiger partial charge in [-0.25, -0.2) is 0 Å². The van der Waals surface area contributed by atoms with E-state index in [-0.39, 0.29) is 11.9 Å². The first-order valence-corrected chi connectivity index (χ1v) is 3.32. The zero-order valence-electron chi connectivity index (χ0n) is 5.20. The zero-order valence-corrected chi connectivity index (χ0v) is 6.09. The Hall–Kier alpha value is 0.01000. The van der Waals surface area contributed by atoms with E-state index in [0.29, 0.717) is 6.42 Å². The molecule has 3 heteroatoms. The van der Waals surface area contributed by atoms with Crippen molar-refractivity contribution in [1.82, 2.24) is 0 Å². The summed E-state index contributed by atoms with van der Waals surface area (Å²) in [6, 6.07) is 0. The van der Waals surface area contributed by atoms with E-state index in [2.05, 4.69) is 19.2 Å². The molecule has 0 saturated carbocycles. The number of aliphatic hydroxyl groups is 2. The molecule has 0 aliphatic heterocycles. The molecule has 0 saturated heterocycles. The average molecular weight is 148 g/mol. The Morgan fingerprint density at radius 2 is 2.22 bits per heavy atom. The second-order valence-electron chi connectivity index (χ2n) is 1.88. The van der Waals surface area contributed by atoms with Gasteiger partial charge in [-0.15, -0.1) is 6.58 Å². The van der Waals surface area contributed by atoms with Crippen LogP contribution in [0.1, 0.15) is 6.42 Å². The molecule has 0 radical (unpaired) electrons. The highest BCUT2D eigenvalue weighted by Gasteiger charge is 2.05. The van der Waals surface area contributed by atoms with E-state index in [1.165, 1.54) is 0 Å². The molecule has 2 N–H and O–H groups in total. The number of thiol groups is 1. The second-order valence-corrected chi connectivity index (χ2v) is 2.54. The van der Waals surface area contributed by atoms with E-state index in [9.17, 15) is 0 Å². The molecule has 0 rings (SSSR count). The standard InChI is InChI=1S/C6H12O2S/c1-2-6(9)3-5(8)4-7/h2,5-9H,1,3-4H2. The Morgan fingerprint density at radius 3 is 2.56 bits per heavy atom. The summed E-state index contributed by atoms with van der Waals surface area (Å²) in [5.74, 6) is 0. The summed E-state index contributed by atoms with van der Waals surface area (Å²) in [7, 11) is 0. The number of rotatable bonds is 4. The van der Waals surface area contributed by atoms with Gasteiger partial charge in [-0.2, -0.15) is 12.6 Å². The third-order valence-electron chi connectivity index (χ3n) is 0.996. The molecule has 0 amide bonds. The van der Waals surface area contributed by atoms with Crippen molar-refractivity contribution in [2.24, 2.45) is 0 Å². The topological polar surface area (TPSA) is 40.5 Å². The van der Waals surface area contributed by atoms with Gasteiger partial charge in [0, 0.05) is 5.25 Å². The van der Waals surface area contributed by atoms with Crippen LogP contribution in [0.3, 0.4) is 0 Å². The quantitative estimate of drug-likeness (QED) is 0.394. The largest absolute Gasteiger partial charge is 0.394 e. The van der Waals surface area contributed by atoms with Gasteiger partial charge in [0.2, 0.25) is 0 Å². The van der Waals surface area contributed by atoms with Gasteiger partial charge in [-0.05, 0) is 6.42 Å². The molecule has 0 aliphatic rings. The molecule has 2 nitrogen and oxygen atoms in total. The molecule has 0 bridgehead atoms. The van der Waals surface area contributed by atoms with Crippen LogP contribution in [0.2, 0.25) is 0 Å². The lowest BCUT2D eigenvalue weighted by atomic mass is 10.2. The van der Waals surface area contributed by atoms with Gasteiger partial charge < -0.3 is 10.2 Å². The lowest BCUT2D eigenvalue weighted by Gasteiger charge is -2.08. The normalized spacial score (nSPS) is 16.8. The SMILES string of the molecule is C=CC(S)CC(O)CO. The monoisotopic (exact) mass is 148 g/mol.